The number of hydrogen-bond donors (Lipinski definition) is 0. The zero-order valence-electron chi connectivity index (χ0n) is 10.8. The van der Waals surface area contributed by atoms with E-state index in [0.717, 1.165) is 5.56 Å². The Morgan fingerprint density at radius 2 is 1.89 bits per heavy atom. The molecule has 0 unspecified atom stereocenters. The smallest absolute Gasteiger partial charge is 0.311 e. The number of benzene rings is 1. The first-order valence-electron chi connectivity index (χ1n) is 6.04. The molecule has 18 heavy (non-hydrogen) atoms. The Morgan fingerprint density at radius 1 is 1.17 bits per heavy atom. The van der Waals surface area contributed by atoms with Crippen molar-refractivity contribution in [2.75, 3.05) is 6.61 Å². The molecular formula is C14H18O4. The van der Waals surface area contributed by atoms with Crippen LogP contribution in [0.4, 0.5) is 0 Å². The molecule has 0 amide bonds. The lowest BCUT2D eigenvalue weighted by atomic mass is 10.2. The van der Waals surface area contributed by atoms with E-state index in [0.29, 0.717) is 18.8 Å². The third-order valence-electron chi connectivity index (χ3n) is 2.29. The van der Waals surface area contributed by atoms with Crippen molar-refractivity contribution in [3.8, 4) is 5.75 Å². The molecule has 0 atom stereocenters. The molecule has 1 aromatic carbocycles. The van der Waals surface area contributed by atoms with E-state index in [1.54, 1.807) is 19.1 Å². The lowest BCUT2D eigenvalue weighted by Crippen LogP contribution is -2.10. The van der Waals surface area contributed by atoms with Gasteiger partial charge in [0.2, 0.25) is 0 Å². The van der Waals surface area contributed by atoms with Gasteiger partial charge in [-0.1, -0.05) is 12.1 Å². The number of carbonyl (C=O) groups excluding carboxylic acids is 2. The Bertz CT molecular complexity index is 412. The summed E-state index contributed by atoms with van der Waals surface area (Å²) in [6, 6.07) is 7.29. The predicted molar refractivity (Wildman–Crippen MR) is 67.3 cm³/mol. The maximum absolute atomic E-state index is 11.5. The normalized spacial score (nSPS) is 9.89. The summed E-state index contributed by atoms with van der Waals surface area (Å²) in [5.41, 5.74) is 1.03. The Hall–Kier alpha value is -1.84. The molecule has 4 nitrogen and oxygen atoms in total. The van der Waals surface area contributed by atoms with Crippen molar-refractivity contribution in [2.24, 2.45) is 0 Å². The summed E-state index contributed by atoms with van der Waals surface area (Å²) in [4.78, 5) is 22.5. The molecule has 0 fully saturated rings. The molecular weight excluding hydrogens is 232 g/mol. The molecule has 1 rings (SSSR count). The van der Waals surface area contributed by atoms with Crippen molar-refractivity contribution in [3.63, 3.8) is 0 Å². The van der Waals surface area contributed by atoms with Crippen LogP contribution in [0, 0.1) is 6.92 Å². The van der Waals surface area contributed by atoms with Crippen LogP contribution in [0.5, 0.6) is 5.75 Å². The summed E-state index contributed by atoms with van der Waals surface area (Å²) >= 11 is 0. The van der Waals surface area contributed by atoms with E-state index in [2.05, 4.69) is 0 Å². The number of aryl methyl sites for hydroxylation is 1. The van der Waals surface area contributed by atoms with Crippen molar-refractivity contribution < 1.29 is 19.1 Å². The van der Waals surface area contributed by atoms with E-state index in [9.17, 15) is 9.59 Å². The molecule has 0 saturated carbocycles. The van der Waals surface area contributed by atoms with Crippen LogP contribution in [0.2, 0.25) is 0 Å². The summed E-state index contributed by atoms with van der Waals surface area (Å²) in [5, 5.41) is 0. The lowest BCUT2D eigenvalue weighted by molar-refractivity contribution is -0.143. The number of ether oxygens (including phenoxy) is 2. The molecule has 0 aromatic heterocycles. The standard InChI is InChI=1S/C14H18O4/c1-3-17-13(15)8-5-9-14(16)18-12-7-4-6-11(2)10-12/h4,6-7,10H,3,5,8-9H2,1-2H3. The van der Waals surface area contributed by atoms with Crippen LogP contribution in [0.1, 0.15) is 31.7 Å². The molecule has 4 heteroatoms. The first-order chi connectivity index (χ1) is 8.61. The van der Waals surface area contributed by atoms with E-state index in [1.165, 1.54) is 0 Å². The van der Waals surface area contributed by atoms with Crippen LogP contribution in [-0.4, -0.2) is 18.5 Å². The van der Waals surface area contributed by atoms with Gasteiger partial charge in [-0.25, -0.2) is 0 Å². The Morgan fingerprint density at radius 3 is 2.56 bits per heavy atom. The van der Waals surface area contributed by atoms with Crippen LogP contribution in [0.15, 0.2) is 24.3 Å². The molecule has 0 spiro atoms. The average Bonchev–Trinajstić information content (AvgIpc) is 2.29. The van der Waals surface area contributed by atoms with Crippen molar-refractivity contribution >= 4 is 11.9 Å². The quantitative estimate of drug-likeness (QED) is 0.575. The number of esters is 2. The summed E-state index contributed by atoms with van der Waals surface area (Å²) in [6.45, 7) is 4.05. The van der Waals surface area contributed by atoms with Crippen LogP contribution < -0.4 is 4.74 Å². The molecule has 0 aliphatic rings. The van der Waals surface area contributed by atoms with E-state index in [4.69, 9.17) is 9.47 Å². The molecule has 0 bridgehead atoms. The van der Waals surface area contributed by atoms with Crippen molar-refractivity contribution in [1.29, 1.82) is 0 Å². The molecule has 98 valence electrons. The lowest BCUT2D eigenvalue weighted by Gasteiger charge is -2.05. The first-order valence-corrected chi connectivity index (χ1v) is 6.04. The SMILES string of the molecule is CCOC(=O)CCCC(=O)Oc1cccc(C)c1. The van der Waals surface area contributed by atoms with Crippen LogP contribution in [-0.2, 0) is 14.3 Å². The highest BCUT2D eigenvalue weighted by Gasteiger charge is 2.07. The second-order valence-corrected chi connectivity index (χ2v) is 3.95. The minimum absolute atomic E-state index is 0.215. The zero-order valence-corrected chi connectivity index (χ0v) is 10.8. The van der Waals surface area contributed by atoms with Gasteiger partial charge in [0.05, 0.1) is 6.61 Å². The van der Waals surface area contributed by atoms with Gasteiger partial charge in [-0.2, -0.15) is 0 Å². The minimum Gasteiger partial charge on any atom is -0.466 e. The third kappa shape index (κ3) is 5.48. The predicted octanol–water partition coefficient (Wildman–Crippen LogP) is 2.63. The maximum atomic E-state index is 11.5. The van der Waals surface area contributed by atoms with Gasteiger partial charge < -0.3 is 9.47 Å². The van der Waals surface area contributed by atoms with Crippen molar-refractivity contribution in [2.45, 2.75) is 33.1 Å². The van der Waals surface area contributed by atoms with E-state index < -0.39 is 0 Å². The van der Waals surface area contributed by atoms with E-state index >= 15 is 0 Å². The summed E-state index contributed by atoms with van der Waals surface area (Å²) in [6.07, 6.45) is 0.910. The Labute approximate surface area is 107 Å². The van der Waals surface area contributed by atoms with Crippen molar-refractivity contribution in [1.82, 2.24) is 0 Å². The molecule has 0 aliphatic carbocycles. The molecule has 1 aromatic rings. The Kier molecular flexibility index (Phi) is 5.91. The average molecular weight is 250 g/mol. The monoisotopic (exact) mass is 250 g/mol. The van der Waals surface area contributed by atoms with Gasteiger partial charge in [-0.3, -0.25) is 9.59 Å². The molecule has 0 saturated heterocycles. The van der Waals surface area contributed by atoms with Crippen LogP contribution in [0.3, 0.4) is 0 Å². The third-order valence-corrected chi connectivity index (χ3v) is 2.29. The van der Waals surface area contributed by atoms with Gasteiger partial charge in [0.15, 0.2) is 0 Å². The molecule has 0 radical (unpaired) electrons. The summed E-state index contributed by atoms with van der Waals surface area (Å²) in [7, 11) is 0. The second kappa shape index (κ2) is 7.48. The van der Waals surface area contributed by atoms with E-state index in [1.807, 2.05) is 19.1 Å². The fraction of sp³-hybridized carbons (Fsp3) is 0.429. The van der Waals surface area contributed by atoms with Gasteiger partial charge in [-0.05, 0) is 38.0 Å². The highest BCUT2D eigenvalue weighted by molar-refractivity contribution is 5.74. The van der Waals surface area contributed by atoms with E-state index in [-0.39, 0.29) is 24.8 Å². The highest BCUT2D eigenvalue weighted by Crippen LogP contribution is 2.13. The second-order valence-electron chi connectivity index (χ2n) is 3.95. The number of hydrogen-bond acceptors (Lipinski definition) is 4. The van der Waals surface area contributed by atoms with Gasteiger partial charge in [-0.15, -0.1) is 0 Å². The van der Waals surface area contributed by atoms with Gasteiger partial charge in [0, 0.05) is 12.8 Å². The van der Waals surface area contributed by atoms with Gasteiger partial charge >= 0.3 is 11.9 Å². The minimum atomic E-state index is -0.329. The van der Waals surface area contributed by atoms with Crippen molar-refractivity contribution in [3.05, 3.63) is 29.8 Å². The fourth-order valence-corrected chi connectivity index (χ4v) is 1.47. The van der Waals surface area contributed by atoms with Gasteiger partial charge in [0.1, 0.15) is 5.75 Å². The molecule has 0 N–H and O–H groups in total. The molecule has 0 heterocycles. The zero-order chi connectivity index (χ0) is 13.4. The number of carbonyl (C=O) groups is 2. The Balaban J connectivity index is 2.28. The topological polar surface area (TPSA) is 52.6 Å². The summed E-state index contributed by atoms with van der Waals surface area (Å²) < 4.78 is 9.91. The van der Waals surface area contributed by atoms with Crippen LogP contribution in [0.25, 0.3) is 0 Å². The molecule has 0 aliphatic heterocycles. The maximum Gasteiger partial charge on any atom is 0.311 e. The van der Waals surface area contributed by atoms with Crippen LogP contribution >= 0.6 is 0 Å². The summed E-state index contributed by atoms with van der Waals surface area (Å²) in [5.74, 6) is -0.0677. The number of rotatable bonds is 6. The largest absolute Gasteiger partial charge is 0.466 e. The van der Waals surface area contributed by atoms with Gasteiger partial charge in [0.25, 0.3) is 0 Å². The first kappa shape index (κ1) is 14.2. The highest BCUT2D eigenvalue weighted by atomic mass is 16.5. The fourth-order valence-electron chi connectivity index (χ4n) is 1.47.